The predicted molar refractivity (Wildman–Crippen MR) is 127 cm³/mol. The second kappa shape index (κ2) is 7.90. The number of ketones is 2. The van der Waals surface area contributed by atoms with Crippen molar-refractivity contribution >= 4 is 34.8 Å². The van der Waals surface area contributed by atoms with Crippen LogP contribution in [0.3, 0.4) is 0 Å². The van der Waals surface area contributed by atoms with E-state index in [1.807, 2.05) is 0 Å². The van der Waals surface area contributed by atoms with Gasteiger partial charge in [0.25, 0.3) is 5.69 Å². The van der Waals surface area contributed by atoms with Crippen molar-refractivity contribution in [1.29, 1.82) is 0 Å². The molecule has 2 heterocycles. The molecule has 0 aromatic heterocycles. The number of ether oxygens (including phenoxy) is 2. The van der Waals surface area contributed by atoms with Crippen LogP contribution in [0.1, 0.15) is 32.4 Å². The van der Waals surface area contributed by atoms with Crippen LogP contribution >= 0.6 is 0 Å². The molecule has 2 amide bonds. The molecule has 1 spiro atoms. The Labute approximate surface area is 209 Å². The van der Waals surface area contributed by atoms with E-state index >= 15 is 0 Å². The third-order valence-corrected chi connectivity index (χ3v) is 7.26. The number of hydrogen-bond donors (Lipinski definition) is 0. The van der Waals surface area contributed by atoms with E-state index in [-0.39, 0.29) is 28.3 Å². The molecule has 3 aromatic rings. The number of imide groups is 1. The van der Waals surface area contributed by atoms with Crippen LogP contribution in [-0.2, 0) is 14.3 Å². The first-order valence-corrected chi connectivity index (χ1v) is 11.4. The van der Waals surface area contributed by atoms with Crippen molar-refractivity contribution in [3.8, 4) is 5.75 Å². The minimum absolute atomic E-state index is 0.0186. The van der Waals surface area contributed by atoms with Gasteiger partial charge >= 0.3 is 0 Å². The van der Waals surface area contributed by atoms with Gasteiger partial charge in [0, 0.05) is 17.2 Å². The summed E-state index contributed by atoms with van der Waals surface area (Å²) in [6.07, 6.45) is -1.06. The predicted octanol–water partition coefficient (Wildman–Crippen LogP) is 3.30. The Morgan fingerprint density at radius 1 is 0.892 bits per heavy atom. The van der Waals surface area contributed by atoms with E-state index in [1.54, 1.807) is 42.5 Å². The van der Waals surface area contributed by atoms with Crippen LogP contribution < -0.4 is 9.64 Å². The van der Waals surface area contributed by atoms with Crippen LogP contribution in [0.25, 0.3) is 0 Å². The Morgan fingerprint density at radius 2 is 1.51 bits per heavy atom. The first kappa shape index (κ1) is 22.7. The molecule has 0 bridgehead atoms. The van der Waals surface area contributed by atoms with Gasteiger partial charge in [-0.2, -0.15) is 0 Å². The molecule has 2 aliphatic heterocycles. The number of anilines is 1. The second-order valence-corrected chi connectivity index (χ2v) is 9.02. The summed E-state index contributed by atoms with van der Waals surface area (Å²) in [5, 5.41) is 11.3. The van der Waals surface area contributed by atoms with Crippen molar-refractivity contribution in [3.63, 3.8) is 0 Å². The van der Waals surface area contributed by atoms with E-state index in [0.717, 1.165) is 17.0 Å². The van der Waals surface area contributed by atoms with Crippen LogP contribution in [0.5, 0.6) is 5.75 Å². The third-order valence-electron chi connectivity index (χ3n) is 7.26. The van der Waals surface area contributed by atoms with E-state index in [4.69, 9.17) is 9.47 Å². The number of fused-ring (bicyclic) bond motifs is 3. The molecule has 2 fully saturated rings. The maximum Gasteiger partial charge on any atom is 0.273 e. The van der Waals surface area contributed by atoms with Gasteiger partial charge in [-0.15, -0.1) is 0 Å². The van der Waals surface area contributed by atoms with Crippen molar-refractivity contribution in [3.05, 3.63) is 99.6 Å². The highest BCUT2D eigenvalue weighted by Crippen LogP contribution is 2.58. The maximum atomic E-state index is 14.0. The molecule has 184 valence electrons. The molecule has 2 saturated heterocycles. The number of non-ortho nitro benzene ring substituents is 1. The summed E-state index contributed by atoms with van der Waals surface area (Å²) in [5.74, 6) is -5.52. The fraction of sp³-hybridized carbons (Fsp3) is 0.185. The topological polar surface area (TPSA) is 133 Å². The number of methoxy groups -OCH3 is 1. The van der Waals surface area contributed by atoms with Gasteiger partial charge in [-0.25, -0.2) is 4.90 Å². The Bertz CT molecular complexity index is 1500. The number of benzene rings is 3. The fourth-order valence-electron chi connectivity index (χ4n) is 5.66. The lowest BCUT2D eigenvalue weighted by molar-refractivity contribution is -0.384. The Hall–Kier alpha value is -4.70. The number of Topliss-reactive ketones (excluding diaryl/α,β-unsaturated/α-hetero) is 2. The third kappa shape index (κ3) is 2.90. The average Bonchev–Trinajstić information content (AvgIpc) is 3.48. The normalized spacial score (nSPS) is 23.5. The summed E-state index contributed by atoms with van der Waals surface area (Å²) < 4.78 is 11.5. The van der Waals surface area contributed by atoms with Crippen LogP contribution in [0, 0.1) is 22.0 Å². The largest absolute Gasteiger partial charge is 0.494 e. The number of rotatable bonds is 4. The van der Waals surface area contributed by atoms with Gasteiger partial charge in [-0.1, -0.05) is 54.6 Å². The zero-order valence-electron chi connectivity index (χ0n) is 19.3. The van der Waals surface area contributed by atoms with Gasteiger partial charge in [0.1, 0.15) is 5.75 Å². The van der Waals surface area contributed by atoms with Crippen LogP contribution in [0.4, 0.5) is 11.4 Å². The number of nitro benzene ring substituents is 1. The minimum Gasteiger partial charge on any atom is -0.494 e. The summed E-state index contributed by atoms with van der Waals surface area (Å²) in [4.78, 5) is 66.9. The average molecular weight is 498 g/mol. The van der Waals surface area contributed by atoms with E-state index < -0.39 is 51.8 Å². The van der Waals surface area contributed by atoms with Crippen LogP contribution in [-0.4, -0.2) is 41.0 Å². The number of carbonyl (C=O) groups excluding carboxylic acids is 4. The zero-order chi connectivity index (χ0) is 26.1. The molecule has 1 aliphatic carbocycles. The van der Waals surface area contributed by atoms with Crippen molar-refractivity contribution in [2.24, 2.45) is 11.8 Å². The van der Waals surface area contributed by atoms with Gasteiger partial charge < -0.3 is 9.47 Å². The SMILES string of the molecule is COc1cc([N+](=O)[O-])ccc1N1C(=O)[C@H]2[C@@H](c3ccccc3)OC3(C(=O)c4ccccc4C3=O)[C@H]2C1=O. The molecule has 3 atom stereocenters. The number of carbonyl (C=O) groups is 4. The molecule has 0 N–H and O–H groups in total. The Kier molecular flexibility index (Phi) is 4.86. The minimum atomic E-state index is -2.20. The van der Waals surface area contributed by atoms with Crippen LogP contribution in [0.2, 0.25) is 0 Å². The van der Waals surface area contributed by atoms with Crippen molar-refractivity contribution in [1.82, 2.24) is 0 Å². The first-order chi connectivity index (χ1) is 17.8. The van der Waals surface area contributed by atoms with Gasteiger partial charge in [-0.05, 0) is 11.6 Å². The molecular formula is C27H18N2O8. The van der Waals surface area contributed by atoms with E-state index in [0.29, 0.717) is 5.56 Å². The molecule has 6 rings (SSSR count). The zero-order valence-corrected chi connectivity index (χ0v) is 19.3. The molecule has 10 nitrogen and oxygen atoms in total. The molecule has 0 unspecified atom stereocenters. The van der Waals surface area contributed by atoms with Gasteiger partial charge in [0.15, 0.2) is 0 Å². The molecule has 3 aromatic carbocycles. The van der Waals surface area contributed by atoms with E-state index in [2.05, 4.69) is 0 Å². The molecule has 37 heavy (non-hydrogen) atoms. The molecule has 3 aliphatic rings. The quantitative estimate of drug-likeness (QED) is 0.232. The van der Waals surface area contributed by atoms with E-state index in [9.17, 15) is 29.3 Å². The van der Waals surface area contributed by atoms with Crippen molar-refractivity contribution < 1.29 is 33.6 Å². The maximum absolute atomic E-state index is 14.0. The summed E-state index contributed by atoms with van der Waals surface area (Å²) in [7, 11) is 1.26. The van der Waals surface area contributed by atoms with Crippen molar-refractivity contribution in [2.45, 2.75) is 11.7 Å². The van der Waals surface area contributed by atoms with Crippen LogP contribution in [0.15, 0.2) is 72.8 Å². The number of hydrogen-bond acceptors (Lipinski definition) is 8. The summed E-state index contributed by atoms with van der Waals surface area (Å²) in [5.41, 5.74) is -1.72. The highest BCUT2D eigenvalue weighted by Gasteiger charge is 2.74. The fourth-order valence-corrected chi connectivity index (χ4v) is 5.66. The number of amides is 2. The lowest BCUT2D eigenvalue weighted by Crippen LogP contribution is -2.51. The molecule has 10 heteroatoms. The first-order valence-electron chi connectivity index (χ1n) is 11.4. The van der Waals surface area contributed by atoms with Gasteiger partial charge in [0.05, 0.1) is 41.7 Å². The molecule has 0 radical (unpaired) electrons. The number of nitro groups is 1. The Balaban J connectivity index is 1.54. The summed E-state index contributed by atoms with van der Waals surface area (Å²) >= 11 is 0. The van der Waals surface area contributed by atoms with Crippen molar-refractivity contribution in [2.75, 3.05) is 12.0 Å². The standard InChI is InChI=1S/C27H18N2O8/c1-36-19-13-15(29(34)35)11-12-18(19)28-25(32)20-21(26(28)33)27(37-22(20)14-7-3-2-4-8-14)23(30)16-9-5-6-10-17(16)24(27)31/h2-13,20-22H,1H3/t20-,21-,22-/m1/s1. The lowest BCUT2D eigenvalue weighted by Gasteiger charge is -2.27. The molecular weight excluding hydrogens is 480 g/mol. The summed E-state index contributed by atoms with van der Waals surface area (Å²) in [6, 6.07) is 18.3. The van der Waals surface area contributed by atoms with Gasteiger partial charge in [0.2, 0.25) is 29.0 Å². The smallest absolute Gasteiger partial charge is 0.273 e. The number of nitrogens with zero attached hydrogens (tertiary/aromatic N) is 2. The Morgan fingerprint density at radius 3 is 2.11 bits per heavy atom. The molecule has 0 saturated carbocycles. The summed E-state index contributed by atoms with van der Waals surface area (Å²) in [6.45, 7) is 0. The van der Waals surface area contributed by atoms with E-state index in [1.165, 1.54) is 25.3 Å². The lowest BCUT2D eigenvalue weighted by atomic mass is 9.77. The highest BCUT2D eigenvalue weighted by molar-refractivity contribution is 6.37. The second-order valence-electron chi connectivity index (χ2n) is 9.02. The highest BCUT2D eigenvalue weighted by atomic mass is 16.6. The monoisotopic (exact) mass is 498 g/mol. The van der Waals surface area contributed by atoms with Gasteiger partial charge in [-0.3, -0.25) is 29.3 Å².